The van der Waals surface area contributed by atoms with Crippen LogP contribution >= 0.6 is 12.6 Å². The number of anilines is 4. The third-order valence-corrected chi connectivity index (χ3v) is 12.2. The Hall–Kier alpha value is -5.31. The molecule has 0 radical (unpaired) electrons. The minimum Gasteiger partial charge on any atom is -0.492 e. The van der Waals surface area contributed by atoms with Crippen LogP contribution in [0.15, 0.2) is 60.7 Å². The molecule has 17 heteroatoms. The number of nitrogens with zero attached hydrogens (tertiary/aromatic N) is 5. The van der Waals surface area contributed by atoms with Crippen molar-refractivity contribution in [3.63, 3.8) is 0 Å². The highest BCUT2D eigenvalue weighted by atomic mass is 32.1. The Morgan fingerprint density at radius 2 is 1.77 bits per heavy atom. The van der Waals surface area contributed by atoms with Gasteiger partial charge in [0.05, 0.1) is 23.7 Å². The molecule has 3 aliphatic heterocycles. The molecule has 1 aliphatic carbocycles. The highest BCUT2D eigenvalue weighted by molar-refractivity contribution is 7.81. The zero-order chi connectivity index (χ0) is 42.9. The molecule has 4 fully saturated rings. The summed E-state index contributed by atoms with van der Waals surface area (Å²) in [6.07, 6.45) is -1.27. The molecule has 0 aromatic heterocycles. The van der Waals surface area contributed by atoms with Crippen molar-refractivity contribution in [3.05, 3.63) is 77.4 Å². The molecule has 7 rings (SSSR count). The topological polar surface area (TPSA) is 150 Å². The number of hydrogen-bond donors (Lipinski definition) is 4. The molecule has 60 heavy (non-hydrogen) atoms. The van der Waals surface area contributed by atoms with Crippen molar-refractivity contribution in [2.24, 2.45) is 0 Å². The second-order valence-electron chi connectivity index (χ2n) is 16.2. The molecule has 0 spiro atoms. The van der Waals surface area contributed by atoms with Crippen molar-refractivity contribution in [3.8, 4) is 11.8 Å². The molecule has 0 bridgehead atoms. The lowest BCUT2D eigenvalue weighted by Crippen LogP contribution is -2.55. The summed E-state index contributed by atoms with van der Waals surface area (Å²) >= 11 is 4.77. The first kappa shape index (κ1) is 42.8. The van der Waals surface area contributed by atoms with E-state index in [4.69, 9.17) is 17.4 Å². The van der Waals surface area contributed by atoms with Crippen LogP contribution in [0.2, 0.25) is 0 Å². The number of nitriles is 1. The van der Waals surface area contributed by atoms with Crippen molar-refractivity contribution >= 4 is 59.0 Å². The molecule has 13 nitrogen and oxygen atoms in total. The van der Waals surface area contributed by atoms with E-state index in [1.54, 1.807) is 43.0 Å². The van der Waals surface area contributed by atoms with Gasteiger partial charge in [0.1, 0.15) is 23.9 Å². The van der Waals surface area contributed by atoms with Crippen molar-refractivity contribution in [2.45, 2.75) is 88.1 Å². The number of benzene rings is 3. The molecule has 3 atom stereocenters. The number of ether oxygens (including phenoxy) is 1. The van der Waals surface area contributed by atoms with Gasteiger partial charge in [-0.3, -0.25) is 39.2 Å². The zero-order valence-electron chi connectivity index (χ0n) is 33.7. The number of piperazine rings is 1. The Labute approximate surface area is 352 Å². The number of rotatable bonds is 13. The van der Waals surface area contributed by atoms with Gasteiger partial charge >= 0.3 is 6.18 Å². The second-order valence-corrected chi connectivity index (χ2v) is 16.7. The van der Waals surface area contributed by atoms with Crippen LogP contribution in [0.25, 0.3) is 0 Å². The van der Waals surface area contributed by atoms with Gasteiger partial charge in [-0.2, -0.15) is 18.4 Å². The van der Waals surface area contributed by atoms with E-state index in [1.807, 2.05) is 24.3 Å². The Bertz CT molecular complexity index is 2190. The summed E-state index contributed by atoms with van der Waals surface area (Å²) in [6.45, 7) is 9.13. The predicted octanol–water partition coefficient (Wildman–Crippen LogP) is 5.93. The summed E-state index contributed by atoms with van der Waals surface area (Å²) in [4.78, 5) is 58.2. The van der Waals surface area contributed by atoms with Crippen LogP contribution in [-0.4, -0.2) is 95.9 Å². The minimum atomic E-state index is -4.78. The van der Waals surface area contributed by atoms with Crippen molar-refractivity contribution < 1.29 is 37.1 Å². The maximum Gasteiger partial charge on any atom is 0.417 e. The normalized spacial score (nSPS) is 22.4. The third kappa shape index (κ3) is 9.20. The van der Waals surface area contributed by atoms with Crippen molar-refractivity contribution in [2.75, 3.05) is 59.8 Å². The Morgan fingerprint density at radius 3 is 2.47 bits per heavy atom. The van der Waals surface area contributed by atoms with Gasteiger partial charge in [-0.25, -0.2) is 0 Å². The van der Waals surface area contributed by atoms with Crippen molar-refractivity contribution in [1.29, 1.82) is 5.26 Å². The smallest absolute Gasteiger partial charge is 0.417 e. The number of imide groups is 1. The average Bonchev–Trinajstić information content (AvgIpc) is 4.03. The van der Waals surface area contributed by atoms with Crippen LogP contribution in [0, 0.1) is 11.3 Å². The lowest BCUT2D eigenvalue weighted by molar-refractivity contribution is -0.138. The van der Waals surface area contributed by atoms with E-state index in [0.717, 1.165) is 55.8 Å². The monoisotopic (exact) mass is 846 g/mol. The van der Waals surface area contributed by atoms with Crippen LogP contribution in [0.3, 0.4) is 0 Å². The van der Waals surface area contributed by atoms with Gasteiger partial charge in [0.15, 0.2) is 5.50 Å². The molecular formula is C43H49F3N8O5S. The fourth-order valence-electron chi connectivity index (χ4n) is 8.30. The van der Waals surface area contributed by atoms with Gasteiger partial charge in [0, 0.05) is 61.4 Å². The number of carbonyl (C=O) groups is 4. The quantitative estimate of drug-likeness (QED) is 0.121. The summed E-state index contributed by atoms with van der Waals surface area (Å²) in [7, 11) is 0. The number of hydrogen-bond acceptors (Lipinski definition) is 11. The molecule has 3 heterocycles. The van der Waals surface area contributed by atoms with E-state index in [1.165, 1.54) is 11.0 Å². The third-order valence-electron chi connectivity index (χ3n) is 11.7. The van der Waals surface area contributed by atoms with Gasteiger partial charge in [-0.1, -0.05) is 13.0 Å². The van der Waals surface area contributed by atoms with Gasteiger partial charge in [-0.15, -0.1) is 12.6 Å². The number of alkyl halides is 3. The Kier molecular flexibility index (Phi) is 12.4. The number of nitrogens with one attached hydrogen (secondary N) is 3. The van der Waals surface area contributed by atoms with E-state index in [-0.39, 0.29) is 48.3 Å². The maximum atomic E-state index is 13.8. The number of carbonyl (C=O) groups excluding carboxylic acids is 4. The van der Waals surface area contributed by atoms with Gasteiger partial charge in [0.2, 0.25) is 17.7 Å². The molecule has 3 aromatic carbocycles. The maximum absolute atomic E-state index is 13.8. The van der Waals surface area contributed by atoms with Crippen LogP contribution in [-0.2, 0) is 25.4 Å². The highest BCUT2D eigenvalue weighted by Gasteiger charge is 2.52. The number of amides is 4. The lowest BCUT2D eigenvalue weighted by Gasteiger charge is -2.40. The van der Waals surface area contributed by atoms with Crippen LogP contribution < -0.4 is 30.5 Å². The summed E-state index contributed by atoms with van der Waals surface area (Å²) in [5, 5.41) is 17.8. The van der Waals surface area contributed by atoms with Gasteiger partial charge in [-0.05, 0) is 106 Å². The summed E-state index contributed by atoms with van der Waals surface area (Å²) < 4.78 is 47.9. The molecule has 3 saturated heterocycles. The zero-order valence-corrected chi connectivity index (χ0v) is 34.6. The Balaban J connectivity index is 0.942. The number of piperidine rings is 1. The van der Waals surface area contributed by atoms with E-state index in [2.05, 4.69) is 32.7 Å². The number of halogens is 3. The lowest BCUT2D eigenvalue weighted by atomic mass is 10.0. The molecular weight excluding hydrogens is 798 g/mol. The second kappa shape index (κ2) is 17.3. The van der Waals surface area contributed by atoms with E-state index in [9.17, 15) is 37.6 Å². The fourth-order valence-corrected chi connectivity index (χ4v) is 8.96. The Morgan fingerprint density at radius 1 is 1.02 bits per heavy atom. The first-order valence-corrected chi connectivity index (χ1v) is 20.7. The summed E-state index contributed by atoms with van der Waals surface area (Å²) in [6, 6.07) is 17.4. The molecule has 4 amide bonds. The summed E-state index contributed by atoms with van der Waals surface area (Å²) in [5.41, 5.74) is -0.723. The summed E-state index contributed by atoms with van der Waals surface area (Å²) in [5.74, 6) is -0.173. The SMILES string of the molecule is CC[C@H]1CN(CCOc2ccc(N3[C@H](S)N(c4ccc(C#N)c(C(F)(F)F)c4)C(=O)C3(C)C)cc2C2CC2)CCN1CC(=O)Nc1cccc(NC2CCC(=O)NC2=O)c1. The molecule has 3 aromatic rings. The first-order chi connectivity index (χ1) is 28.6. The standard InChI is InChI=1S/C43H49F3N8O5S/c1-4-30-24-51(16-17-52(30)25-38(56)49-29-7-5-6-28(20-29)48-35-13-15-37(55)50-39(35)57)18-19-59-36-14-12-32(21-33(36)26-8-9-26)54-41(60)53(40(58)42(54,2)3)31-11-10-27(23-47)34(22-31)43(44,45)46/h5-7,10-12,14,20-22,26,30,35,41,48,60H,4,8-9,13,15-19,24-25H2,1-3H3,(H,49,56)(H,50,55,57)/t30-,35?,41+/m0/s1. The molecule has 4 aliphatic rings. The van der Waals surface area contributed by atoms with E-state index < -0.39 is 40.3 Å². The van der Waals surface area contributed by atoms with E-state index >= 15 is 0 Å². The largest absolute Gasteiger partial charge is 0.492 e. The van der Waals surface area contributed by atoms with E-state index in [0.29, 0.717) is 43.2 Å². The fraction of sp³-hybridized carbons (Fsp3) is 0.465. The molecule has 1 unspecified atom stereocenters. The molecule has 318 valence electrons. The van der Waals surface area contributed by atoms with Crippen LogP contribution in [0.5, 0.6) is 5.75 Å². The highest BCUT2D eigenvalue weighted by Crippen LogP contribution is 2.48. The van der Waals surface area contributed by atoms with Crippen molar-refractivity contribution in [1.82, 2.24) is 15.1 Å². The molecule has 3 N–H and O–H groups in total. The minimum absolute atomic E-state index is 0.00236. The van der Waals surface area contributed by atoms with Crippen LogP contribution in [0.4, 0.5) is 35.9 Å². The predicted molar refractivity (Wildman–Crippen MR) is 224 cm³/mol. The van der Waals surface area contributed by atoms with Crippen LogP contribution in [0.1, 0.15) is 75.5 Å². The van der Waals surface area contributed by atoms with Gasteiger partial charge in [0.25, 0.3) is 5.91 Å². The van der Waals surface area contributed by atoms with Gasteiger partial charge < -0.3 is 20.3 Å². The first-order valence-electron chi connectivity index (χ1n) is 20.2. The average molecular weight is 847 g/mol. The number of thiol groups is 1. The molecule has 1 saturated carbocycles.